The van der Waals surface area contributed by atoms with E-state index in [9.17, 15) is 9.59 Å². The first-order valence-electron chi connectivity index (χ1n) is 5.76. The first kappa shape index (κ1) is 16.5. The predicted octanol–water partition coefficient (Wildman–Crippen LogP) is -0.0203. The lowest BCUT2D eigenvalue weighted by Crippen LogP contribution is -2.42. The monoisotopic (exact) mass is 258 g/mol. The average Bonchev–Trinajstić information content (AvgIpc) is 2.26. The number of nitrogens with two attached hydrogens (primary N) is 1. The highest BCUT2D eigenvalue weighted by Crippen LogP contribution is 2.15. The van der Waals surface area contributed by atoms with Crippen LogP contribution in [0.25, 0.3) is 0 Å². The maximum absolute atomic E-state index is 11.8. The van der Waals surface area contributed by atoms with E-state index >= 15 is 0 Å². The summed E-state index contributed by atoms with van der Waals surface area (Å²) in [6.07, 6.45) is 0.478. The van der Waals surface area contributed by atoms with Crippen molar-refractivity contribution in [2.75, 3.05) is 13.2 Å². The van der Waals surface area contributed by atoms with Gasteiger partial charge in [-0.2, -0.15) is 10.2 Å². The van der Waals surface area contributed by atoms with E-state index in [1.165, 1.54) is 13.8 Å². The van der Waals surface area contributed by atoms with Crippen molar-refractivity contribution in [2.45, 2.75) is 45.2 Å². The van der Waals surface area contributed by atoms with Gasteiger partial charge in [-0.3, -0.25) is 9.59 Å². The summed E-state index contributed by atoms with van der Waals surface area (Å²) in [5, 5.41) is 18.9. The smallest absolute Gasteiger partial charge is 0.249 e. The van der Waals surface area contributed by atoms with Crippen molar-refractivity contribution in [3.05, 3.63) is 0 Å². The Morgan fingerprint density at radius 3 is 2.11 bits per heavy atom. The molecule has 0 saturated carbocycles. The lowest BCUT2D eigenvalue weighted by atomic mass is 10.1. The molecule has 0 rings (SSSR count). The van der Waals surface area contributed by atoms with Crippen molar-refractivity contribution in [1.82, 2.24) is 5.32 Å². The van der Waals surface area contributed by atoms with Crippen LogP contribution in [0.15, 0.2) is 10.2 Å². The fourth-order valence-electron chi connectivity index (χ4n) is 0.842. The number of rotatable bonds is 7. The minimum atomic E-state index is -1.14. The molecule has 18 heavy (non-hydrogen) atoms. The van der Waals surface area contributed by atoms with E-state index in [2.05, 4.69) is 15.5 Å². The molecule has 0 aromatic heterocycles. The molecule has 7 heteroatoms. The Hall–Kier alpha value is -1.50. The number of aliphatic hydroxyl groups excluding tert-OH is 1. The Labute approximate surface area is 107 Å². The molecule has 0 bridgehead atoms. The van der Waals surface area contributed by atoms with Crippen LogP contribution in [0, 0.1) is 0 Å². The zero-order valence-electron chi connectivity index (χ0n) is 11.4. The van der Waals surface area contributed by atoms with Gasteiger partial charge < -0.3 is 16.2 Å². The van der Waals surface area contributed by atoms with Gasteiger partial charge in [0, 0.05) is 13.2 Å². The topological polar surface area (TPSA) is 117 Å². The Balaban J connectivity index is 4.59. The Morgan fingerprint density at radius 1 is 1.17 bits per heavy atom. The summed E-state index contributed by atoms with van der Waals surface area (Å²) in [6.45, 7) is 6.60. The van der Waals surface area contributed by atoms with Crippen LogP contribution in [0.2, 0.25) is 0 Å². The maximum Gasteiger partial charge on any atom is 0.249 e. The van der Waals surface area contributed by atoms with Crippen molar-refractivity contribution in [1.29, 1.82) is 0 Å². The van der Waals surface area contributed by atoms with Crippen molar-refractivity contribution in [3.63, 3.8) is 0 Å². The number of carbonyl (C=O) groups is 2. The zero-order valence-corrected chi connectivity index (χ0v) is 11.4. The van der Waals surface area contributed by atoms with Gasteiger partial charge in [-0.1, -0.05) is 0 Å². The summed E-state index contributed by atoms with van der Waals surface area (Å²) in [5.74, 6) is -0.928. The van der Waals surface area contributed by atoms with E-state index in [1.54, 1.807) is 13.8 Å². The molecule has 0 radical (unpaired) electrons. The number of hydrogen-bond acceptors (Lipinski definition) is 5. The quantitative estimate of drug-likeness (QED) is 0.440. The highest BCUT2D eigenvalue weighted by atomic mass is 16.3. The summed E-state index contributed by atoms with van der Waals surface area (Å²) in [7, 11) is 0. The lowest BCUT2D eigenvalue weighted by Gasteiger charge is -2.20. The van der Waals surface area contributed by atoms with Crippen molar-refractivity contribution >= 4 is 11.8 Å². The molecule has 0 saturated heterocycles. The van der Waals surface area contributed by atoms with E-state index in [0.717, 1.165) is 0 Å². The van der Waals surface area contributed by atoms with E-state index in [4.69, 9.17) is 10.8 Å². The molecule has 4 N–H and O–H groups in total. The number of hydrogen-bond donors (Lipinski definition) is 3. The van der Waals surface area contributed by atoms with Crippen molar-refractivity contribution in [3.8, 4) is 0 Å². The van der Waals surface area contributed by atoms with Crippen LogP contribution >= 0.6 is 0 Å². The molecule has 0 aromatic carbocycles. The molecule has 0 aliphatic heterocycles. The molecule has 7 nitrogen and oxygen atoms in total. The Morgan fingerprint density at radius 2 is 1.67 bits per heavy atom. The number of azo groups is 1. The number of carbonyl (C=O) groups excluding carboxylic acids is 2. The predicted molar refractivity (Wildman–Crippen MR) is 66.9 cm³/mol. The first-order chi connectivity index (χ1) is 8.13. The molecule has 0 aliphatic carbocycles. The van der Waals surface area contributed by atoms with Crippen molar-refractivity contribution < 1.29 is 14.7 Å². The van der Waals surface area contributed by atoms with E-state index < -0.39 is 17.0 Å². The maximum atomic E-state index is 11.8. The second-order valence-electron chi connectivity index (χ2n) is 5.02. The summed E-state index contributed by atoms with van der Waals surface area (Å²) in [5.41, 5.74) is 2.94. The van der Waals surface area contributed by atoms with Crippen LogP contribution in [0.5, 0.6) is 0 Å². The molecule has 0 fully saturated rings. The third kappa shape index (κ3) is 5.22. The molecule has 0 heterocycles. The molecule has 104 valence electrons. The first-order valence-corrected chi connectivity index (χ1v) is 5.76. The second-order valence-corrected chi connectivity index (χ2v) is 5.02. The number of aliphatic hydroxyl groups is 1. The standard InChI is InChI=1S/C11H22N4O3/c1-10(2,8(12)17)14-15-11(3,4)9(18)13-6-5-7-16/h16H,5-7H2,1-4H3,(H2,12,17)(H,13,18). The molecular weight excluding hydrogens is 236 g/mol. The molecule has 2 amide bonds. The van der Waals surface area contributed by atoms with Gasteiger partial charge in [0.15, 0.2) is 11.1 Å². The van der Waals surface area contributed by atoms with Crippen LogP contribution in [-0.2, 0) is 9.59 Å². The molecule has 0 aliphatic rings. The molecule has 0 aromatic rings. The van der Waals surface area contributed by atoms with Crippen LogP contribution in [0.1, 0.15) is 34.1 Å². The van der Waals surface area contributed by atoms with Gasteiger partial charge in [-0.15, -0.1) is 0 Å². The third-order valence-electron chi connectivity index (χ3n) is 2.33. The van der Waals surface area contributed by atoms with E-state index in [-0.39, 0.29) is 12.5 Å². The third-order valence-corrected chi connectivity index (χ3v) is 2.33. The summed E-state index contributed by atoms with van der Waals surface area (Å²) >= 11 is 0. The minimum absolute atomic E-state index is 0.0108. The lowest BCUT2D eigenvalue weighted by molar-refractivity contribution is -0.126. The summed E-state index contributed by atoms with van der Waals surface area (Å²) < 4.78 is 0. The van der Waals surface area contributed by atoms with Crippen LogP contribution in [-0.4, -0.2) is 41.2 Å². The van der Waals surface area contributed by atoms with Crippen LogP contribution in [0.4, 0.5) is 0 Å². The minimum Gasteiger partial charge on any atom is -0.396 e. The van der Waals surface area contributed by atoms with Gasteiger partial charge in [0.25, 0.3) is 0 Å². The average molecular weight is 258 g/mol. The van der Waals surface area contributed by atoms with Crippen LogP contribution < -0.4 is 11.1 Å². The number of nitrogens with zero attached hydrogens (tertiary/aromatic N) is 2. The van der Waals surface area contributed by atoms with E-state index in [0.29, 0.717) is 13.0 Å². The summed E-state index contributed by atoms with van der Waals surface area (Å²) in [6, 6.07) is 0. The van der Waals surface area contributed by atoms with Gasteiger partial charge in [0.2, 0.25) is 11.8 Å². The van der Waals surface area contributed by atoms with Gasteiger partial charge in [0.05, 0.1) is 0 Å². The second kappa shape index (κ2) is 6.44. The number of amides is 2. The Kier molecular flexibility index (Phi) is 5.90. The normalized spacial score (nSPS) is 12.7. The molecule has 0 atom stereocenters. The summed E-state index contributed by atoms with van der Waals surface area (Å²) in [4.78, 5) is 22.8. The fourth-order valence-corrected chi connectivity index (χ4v) is 0.842. The largest absolute Gasteiger partial charge is 0.396 e. The SMILES string of the molecule is CC(C)(N=NC(C)(C)C(=O)NCCCO)C(N)=O. The molecular formula is C11H22N4O3. The van der Waals surface area contributed by atoms with Gasteiger partial charge in [0.1, 0.15) is 0 Å². The highest BCUT2D eigenvalue weighted by Gasteiger charge is 2.30. The molecule has 0 spiro atoms. The Bertz CT molecular complexity index is 337. The fraction of sp³-hybridized carbons (Fsp3) is 0.818. The van der Waals surface area contributed by atoms with Crippen LogP contribution in [0.3, 0.4) is 0 Å². The number of nitrogens with one attached hydrogen (secondary N) is 1. The van der Waals surface area contributed by atoms with Crippen molar-refractivity contribution in [2.24, 2.45) is 16.0 Å². The zero-order chi connectivity index (χ0) is 14.4. The van der Waals surface area contributed by atoms with Gasteiger partial charge in [-0.05, 0) is 34.1 Å². The number of primary amides is 1. The van der Waals surface area contributed by atoms with Gasteiger partial charge >= 0.3 is 0 Å². The molecule has 0 unspecified atom stereocenters. The van der Waals surface area contributed by atoms with E-state index in [1.807, 2.05) is 0 Å². The van der Waals surface area contributed by atoms with Gasteiger partial charge in [-0.25, -0.2) is 0 Å². The highest BCUT2D eigenvalue weighted by molar-refractivity contribution is 5.86.